The molecule has 0 aromatic carbocycles. The molecule has 1 heterocycles. The molecule has 5 saturated carbocycles. The second kappa shape index (κ2) is 17.9. The Balaban J connectivity index is 1.31. The van der Waals surface area contributed by atoms with Crippen LogP contribution in [0.25, 0.3) is 0 Å². The van der Waals surface area contributed by atoms with E-state index in [2.05, 4.69) is 83.2 Å². The summed E-state index contributed by atoms with van der Waals surface area (Å²) in [6.07, 6.45) is 7.40. The molecule has 4 N–H and O–H groups in total. The van der Waals surface area contributed by atoms with E-state index in [9.17, 15) is 19.8 Å². The molecule has 0 spiro atoms. The summed E-state index contributed by atoms with van der Waals surface area (Å²) in [7, 11) is 10.2. The number of ether oxygens (including phenoxy) is 1. The Bertz CT molecular complexity index is 1200. The number of fused-ring (bicyclic) bond motifs is 2. The lowest BCUT2D eigenvalue weighted by Gasteiger charge is -2.62. The molecule has 306 valence electrons. The van der Waals surface area contributed by atoms with Gasteiger partial charge in [0.25, 0.3) is 0 Å². The van der Waals surface area contributed by atoms with Crippen molar-refractivity contribution in [3.8, 4) is 0 Å². The lowest BCUT2D eigenvalue weighted by molar-refractivity contribution is -0.193. The minimum absolute atomic E-state index is 0.0539. The van der Waals surface area contributed by atoms with Crippen molar-refractivity contribution >= 4 is 11.8 Å². The number of hydrogen-bond donors (Lipinski definition) is 4. The number of carbonyl (C=O) groups is 2. The average molecular weight is 748 g/mol. The third kappa shape index (κ3) is 9.45. The number of nitrogens with one attached hydrogen (secondary N) is 2. The Morgan fingerprint density at radius 2 is 1.74 bits per heavy atom. The number of methoxy groups -OCH3 is 1. The third-order valence-electron chi connectivity index (χ3n) is 14.9. The molecule has 5 aliphatic carbocycles. The van der Waals surface area contributed by atoms with E-state index >= 15 is 0 Å². The molecule has 11 nitrogen and oxygen atoms in total. The lowest BCUT2D eigenvalue weighted by atomic mass is 9.45. The fraction of sp³-hybridized carbons (Fsp3) is 0.952. The van der Waals surface area contributed by atoms with Crippen LogP contribution in [-0.4, -0.2) is 134 Å². The van der Waals surface area contributed by atoms with Gasteiger partial charge >= 0.3 is 0 Å². The number of aliphatic hydroxyl groups excluding tert-OH is 2. The minimum atomic E-state index is -0.826. The highest BCUT2D eigenvalue weighted by Gasteiger charge is 2.58. The van der Waals surface area contributed by atoms with Crippen molar-refractivity contribution in [1.29, 1.82) is 0 Å². The molecule has 15 atom stereocenters. The van der Waals surface area contributed by atoms with E-state index in [1.54, 1.807) is 12.0 Å². The molecule has 1 aliphatic heterocycles. The zero-order chi connectivity index (χ0) is 38.9. The fourth-order valence-electron chi connectivity index (χ4n) is 11.9. The predicted molar refractivity (Wildman–Crippen MR) is 209 cm³/mol. The Kier molecular flexibility index (Phi) is 14.4. The van der Waals surface area contributed by atoms with Gasteiger partial charge in [-0.05, 0) is 127 Å². The van der Waals surface area contributed by atoms with E-state index in [1.165, 1.54) is 6.42 Å². The number of amides is 2. The molecule has 53 heavy (non-hydrogen) atoms. The van der Waals surface area contributed by atoms with Crippen molar-refractivity contribution in [3.05, 3.63) is 0 Å². The van der Waals surface area contributed by atoms with Crippen LogP contribution in [0.15, 0.2) is 0 Å². The highest BCUT2D eigenvalue weighted by atomic mass is 16.7. The first-order chi connectivity index (χ1) is 25.0. The van der Waals surface area contributed by atoms with Gasteiger partial charge in [0.15, 0.2) is 0 Å². The van der Waals surface area contributed by atoms with Gasteiger partial charge in [0.1, 0.15) is 12.1 Å². The summed E-state index contributed by atoms with van der Waals surface area (Å²) >= 11 is 0. The van der Waals surface area contributed by atoms with E-state index in [-0.39, 0.29) is 54.4 Å². The molecule has 6 fully saturated rings. The number of nitrogens with zero attached hydrogens (tertiary/aromatic N) is 3. The van der Waals surface area contributed by atoms with Crippen molar-refractivity contribution in [1.82, 2.24) is 25.5 Å². The monoisotopic (exact) mass is 748 g/mol. The summed E-state index contributed by atoms with van der Waals surface area (Å²) in [5.74, 6) is 2.27. The summed E-state index contributed by atoms with van der Waals surface area (Å²) in [6, 6.07) is -0.172. The Labute approximate surface area is 321 Å². The normalized spacial score (nSPS) is 39.9. The molecule has 0 aromatic rings. The van der Waals surface area contributed by atoms with Crippen LogP contribution < -0.4 is 10.6 Å². The molecular formula is C42H77N5O6. The lowest BCUT2D eigenvalue weighted by Crippen LogP contribution is -2.62. The van der Waals surface area contributed by atoms with Crippen molar-refractivity contribution in [3.63, 3.8) is 0 Å². The van der Waals surface area contributed by atoms with Crippen LogP contribution in [0.3, 0.4) is 0 Å². The largest absolute Gasteiger partial charge is 0.394 e. The summed E-state index contributed by atoms with van der Waals surface area (Å²) in [5.41, 5.74) is 0.316. The topological polar surface area (TPSA) is 127 Å². The zero-order valence-corrected chi connectivity index (χ0v) is 35.1. The molecule has 0 radical (unpaired) electrons. The van der Waals surface area contributed by atoms with E-state index in [0.29, 0.717) is 47.6 Å². The first kappa shape index (κ1) is 42.8. The molecule has 1 saturated heterocycles. The number of likely N-dealkylation sites (N-methyl/N-ethyl adjacent to an activating group) is 1. The van der Waals surface area contributed by atoms with E-state index in [4.69, 9.17) is 9.57 Å². The zero-order valence-electron chi connectivity index (χ0n) is 35.1. The van der Waals surface area contributed by atoms with Crippen LogP contribution in [0.2, 0.25) is 0 Å². The van der Waals surface area contributed by atoms with Crippen LogP contribution >= 0.6 is 0 Å². The van der Waals surface area contributed by atoms with E-state index in [1.807, 2.05) is 7.11 Å². The van der Waals surface area contributed by atoms with Gasteiger partial charge in [-0.3, -0.25) is 14.4 Å². The summed E-state index contributed by atoms with van der Waals surface area (Å²) in [6.45, 7) is 14.2. The van der Waals surface area contributed by atoms with Crippen LogP contribution in [0, 0.1) is 58.7 Å². The highest BCUT2D eigenvalue weighted by Crippen LogP contribution is 2.61. The second-order valence-corrected chi connectivity index (χ2v) is 19.7. The van der Waals surface area contributed by atoms with Crippen molar-refractivity contribution < 1.29 is 29.4 Å². The van der Waals surface area contributed by atoms with E-state index < -0.39 is 24.2 Å². The molecular weight excluding hydrogens is 670 g/mol. The number of hydroxylamine groups is 2. The summed E-state index contributed by atoms with van der Waals surface area (Å²) in [4.78, 5) is 39.2. The first-order valence-electron chi connectivity index (χ1n) is 21.1. The highest BCUT2D eigenvalue weighted by molar-refractivity contribution is 5.83. The Hall–Kier alpha value is -1.34. The van der Waals surface area contributed by atoms with Crippen molar-refractivity contribution in [2.24, 2.45) is 58.7 Å². The van der Waals surface area contributed by atoms with Crippen LogP contribution in [-0.2, 0) is 19.2 Å². The maximum absolute atomic E-state index is 14.3. The molecule has 6 aliphatic rings. The quantitative estimate of drug-likeness (QED) is 0.197. The third-order valence-corrected chi connectivity index (χ3v) is 14.9. The van der Waals surface area contributed by atoms with Gasteiger partial charge in [-0.25, -0.2) is 0 Å². The molecule has 0 aromatic heterocycles. The molecule has 11 heteroatoms. The first-order valence-corrected chi connectivity index (χ1v) is 21.1. The van der Waals surface area contributed by atoms with Gasteiger partial charge in [0.2, 0.25) is 11.8 Å². The summed E-state index contributed by atoms with van der Waals surface area (Å²) in [5, 5.41) is 30.1. The number of rotatable bonds is 15. The molecule has 6 unspecified atom stereocenters. The van der Waals surface area contributed by atoms with Crippen LogP contribution in [0.1, 0.15) is 99.3 Å². The minimum Gasteiger partial charge on any atom is -0.394 e. The summed E-state index contributed by atoms with van der Waals surface area (Å²) < 4.78 is 6.42. The smallest absolute Gasteiger partial charge is 0.240 e. The molecule has 2 amide bonds. The second-order valence-electron chi connectivity index (χ2n) is 19.7. The van der Waals surface area contributed by atoms with Gasteiger partial charge in [0, 0.05) is 56.1 Å². The van der Waals surface area contributed by atoms with Gasteiger partial charge in [0.05, 0.1) is 18.8 Å². The predicted octanol–water partition coefficient (Wildman–Crippen LogP) is 4.02. The van der Waals surface area contributed by atoms with Crippen LogP contribution in [0.4, 0.5) is 0 Å². The van der Waals surface area contributed by atoms with E-state index in [0.717, 1.165) is 57.9 Å². The van der Waals surface area contributed by atoms with Gasteiger partial charge < -0.3 is 35.4 Å². The maximum atomic E-state index is 14.3. The average Bonchev–Trinajstić information content (AvgIpc) is 3.46. The molecule has 2 bridgehead atoms. The van der Waals surface area contributed by atoms with Crippen molar-refractivity contribution in [2.75, 3.05) is 55.0 Å². The number of aliphatic hydroxyl groups is 2. The standard InChI is InChI=1S/C42H77N5O6/c1-24(2)15-31(22-45(7)8)43-40(50)29-16-28(17-32(18-29)46(9)10)33-14-12-13-27(39(33)52-11)21-47-38(37(26(4)49)36(23-48)53-47)41(51)44-35-20-30-19-34(25(35)3)42(30,5)6/h24-39,48-49H,12-23H2,1-11H3,(H,43,50)(H,44,51)/t25-,26-,27?,28?,29?,30+,31+,32?,33?,34-,35-,36-,37+,38-,39?/m0/s1. The maximum Gasteiger partial charge on any atom is 0.240 e. The van der Waals surface area contributed by atoms with Gasteiger partial charge in [-0.15, -0.1) is 0 Å². The van der Waals surface area contributed by atoms with Crippen molar-refractivity contribution in [2.45, 2.75) is 142 Å². The van der Waals surface area contributed by atoms with Gasteiger partial charge in [-0.2, -0.15) is 5.06 Å². The number of carbonyl (C=O) groups excluding carboxylic acids is 2. The van der Waals surface area contributed by atoms with Gasteiger partial charge in [-0.1, -0.05) is 41.0 Å². The Morgan fingerprint density at radius 1 is 1.02 bits per heavy atom. The SMILES string of the molecule is COC1C(CN2O[C@@H](CO)[C@@H]([C@H](C)O)[C@H]2C(=O)N[C@H]2C[C@H]3C[C@@H]([C@@H]2C)C3(C)C)CCCC1C1CC(C(=O)N[C@H](CC(C)C)CN(C)C)CC(N(C)C)C1. The number of hydrogen-bond acceptors (Lipinski definition) is 9. The van der Waals surface area contributed by atoms with Crippen LogP contribution in [0.5, 0.6) is 0 Å². The fourth-order valence-corrected chi connectivity index (χ4v) is 11.9. The Morgan fingerprint density at radius 3 is 2.30 bits per heavy atom. The molecule has 6 rings (SSSR count).